The minimum absolute atomic E-state index is 0.0961. The van der Waals surface area contributed by atoms with Crippen molar-refractivity contribution in [3.8, 4) is 22.7 Å². The van der Waals surface area contributed by atoms with Crippen molar-refractivity contribution in [1.82, 2.24) is 9.78 Å². The third kappa shape index (κ3) is 5.19. The third-order valence-electron chi connectivity index (χ3n) is 5.16. The lowest BCUT2D eigenvalue weighted by Gasteiger charge is -2.14. The molecular formula is C26H21F2N3O4. The summed E-state index contributed by atoms with van der Waals surface area (Å²) in [6.07, 6.45) is 0.146. The highest BCUT2D eigenvalue weighted by Crippen LogP contribution is 2.28. The van der Waals surface area contributed by atoms with Crippen LogP contribution in [0.25, 0.3) is 16.9 Å². The molecule has 1 aromatic heterocycles. The van der Waals surface area contributed by atoms with Crippen molar-refractivity contribution in [3.63, 3.8) is 0 Å². The predicted molar refractivity (Wildman–Crippen MR) is 125 cm³/mol. The van der Waals surface area contributed by atoms with Crippen LogP contribution in [0.2, 0.25) is 0 Å². The standard InChI is InChI=1S/C26H21F2N3O4/c1-16(25(32)29-24-21(27)12-7-13-22(24)28)35-26(33)20-15-31(18-9-4-3-5-10-18)30-23(20)17-8-6-11-19(14-17)34-2/h3-16H,1-2H3,(H,29,32). The first-order valence-electron chi connectivity index (χ1n) is 10.6. The second-order valence-corrected chi connectivity index (χ2v) is 7.54. The van der Waals surface area contributed by atoms with Gasteiger partial charge in [0, 0.05) is 11.8 Å². The highest BCUT2D eigenvalue weighted by molar-refractivity contribution is 6.00. The fourth-order valence-electron chi connectivity index (χ4n) is 3.34. The first-order chi connectivity index (χ1) is 16.9. The van der Waals surface area contributed by atoms with Gasteiger partial charge in [-0.1, -0.05) is 36.4 Å². The number of aromatic nitrogens is 2. The van der Waals surface area contributed by atoms with Gasteiger partial charge < -0.3 is 14.8 Å². The maximum atomic E-state index is 13.9. The van der Waals surface area contributed by atoms with Crippen molar-refractivity contribution in [3.05, 3.63) is 96.2 Å². The summed E-state index contributed by atoms with van der Waals surface area (Å²) in [5, 5.41) is 6.67. The first-order valence-corrected chi connectivity index (χ1v) is 10.6. The molecule has 35 heavy (non-hydrogen) atoms. The highest BCUT2D eigenvalue weighted by atomic mass is 19.1. The van der Waals surface area contributed by atoms with E-state index in [1.807, 2.05) is 30.3 Å². The number of rotatable bonds is 7. The van der Waals surface area contributed by atoms with E-state index in [2.05, 4.69) is 10.4 Å². The Morgan fingerprint density at radius 2 is 1.66 bits per heavy atom. The molecule has 0 aliphatic heterocycles. The molecule has 0 bridgehead atoms. The van der Waals surface area contributed by atoms with E-state index < -0.39 is 35.3 Å². The van der Waals surface area contributed by atoms with Gasteiger partial charge in [-0.3, -0.25) is 4.79 Å². The number of hydrogen-bond donors (Lipinski definition) is 1. The molecule has 3 aromatic carbocycles. The number of anilines is 1. The summed E-state index contributed by atoms with van der Waals surface area (Å²) in [6.45, 7) is 1.30. The first kappa shape index (κ1) is 23.6. The number of ether oxygens (including phenoxy) is 2. The van der Waals surface area contributed by atoms with Crippen LogP contribution in [0.4, 0.5) is 14.5 Å². The van der Waals surface area contributed by atoms with Gasteiger partial charge in [-0.25, -0.2) is 18.3 Å². The van der Waals surface area contributed by atoms with Gasteiger partial charge in [-0.15, -0.1) is 0 Å². The number of nitrogens with one attached hydrogen (secondary N) is 1. The second-order valence-electron chi connectivity index (χ2n) is 7.54. The molecule has 0 fully saturated rings. The topological polar surface area (TPSA) is 82.5 Å². The molecule has 0 saturated heterocycles. The Balaban J connectivity index is 1.62. The van der Waals surface area contributed by atoms with Crippen molar-refractivity contribution in [2.24, 2.45) is 0 Å². The van der Waals surface area contributed by atoms with Gasteiger partial charge in [0.2, 0.25) is 0 Å². The lowest BCUT2D eigenvalue weighted by Crippen LogP contribution is -2.30. The average Bonchev–Trinajstić information content (AvgIpc) is 3.32. The minimum atomic E-state index is -1.35. The van der Waals surface area contributed by atoms with Crippen LogP contribution in [0.15, 0.2) is 79.0 Å². The predicted octanol–water partition coefficient (Wildman–Crippen LogP) is 5.01. The summed E-state index contributed by atoms with van der Waals surface area (Å²) < 4.78 is 39.9. The number of methoxy groups -OCH3 is 1. The highest BCUT2D eigenvalue weighted by Gasteiger charge is 2.25. The zero-order valence-corrected chi connectivity index (χ0v) is 18.9. The monoisotopic (exact) mass is 477 g/mol. The third-order valence-corrected chi connectivity index (χ3v) is 5.16. The Labute approximate surface area is 199 Å². The number of benzene rings is 3. The summed E-state index contributed by atoms with van der Waals surface area (Å²) in [4.78, 5) is 25.6. The van der Waals surface area contributed by atoms with Gasteiger partial charge >= 0.3 is 5.97 Å². The molecule has 1 atom stereocenters. The average molecular weight is 477 g/mol. The Morgan fingerprint density at radius 3 is 2.34 bits per heavy atom. The number of amides is 1. The smallest absolute Gasteiger partial charge is 0.342 e. The fraction of sp³-hybridized carbons (Fsp3) is 0.115. The molecule has 1 amide bonds. The fourth-order valence-corrected chi connectivity index (χ4v) is 3.34. The van der Waals surface area contributed by atoms with Gasteiger partial charge in [0.15, 0.2) is 6.10 Å². The number of halogens is 2. The molecule has 0 saturated carbocycles. The minimum Gasteiger partial charge on any atom is -0.497 e. The van der Waals surface area contributed by atoms with E-state index in [4.69, 9.17) is 9.47 Å². The van der Waals surface area contributed by atoms with Gasteiger partial charge in [0.1, 0.15) is 34.3 Å². The Bertz CT molecular complexity index is 1350. The van der Waals surface area contributed by atoms with E-state index in [1.165, 1.54) is 31.0 Å². The van der Waals surface area contributed by atoms with Crippen molar-refractivity contribution >= 4 is 17.6 Å². The van der Waals surface area contributed by atoms with Crippen LogP contribution in [-0.2, 0) is 9.53 Å². The van der Waals surface area contributed by atoms with E-state index in [9.17, 15) is 18.4 Å². The van der Waals surface area contributed by atoms with Crippen molar-refractivity contribution in [2.75, 3.05) is 12.4 Å². The Kier molecular flexibility index (Phi) is 6.86. The van der Waals surface area contributed by atoms with E-state index in [-0.39, 0.29) is 5.56 Å². The zero-order valence-electron chi connectivity index (χ0n) is 18.9. The number of carbonyl (C=O) groups is 2. The molecule has 0 spiro atoms. The molecule has 4 aromatic rings. The maximum Gasteiger partial charge on any atom is 0.342 e. The number of para-hydroxylation sites is 2. The van der Waals surface area contributed by atoms with Crippen LogP contribution < -0.4 is 10.1 Å². The molecule has 1 unspecified atom stereocenters. The SMILES string of the molecule is COc1cccc(-c2nn(-c3ccccc3)cc2C(=O)OC(C)C(=O)Nc2c(F)cccc2F)c1. The van der Waals surface area contributed by atoms with Crippen LogP contribution >= 0.6 is 0 Å². The molecule has 9 heteroatoms. The van der Waals surface area contributed by atoms with E-state index >= 15 is 0 Å². The quantitative estimate of drug-likeness (QED) is 0.379. The normalized spacial score (nSPS) is 11.5. The molecule has 4 rings (SSSR count). The second kappa shape index (κ2) is 10.2. The van der Waals surface area contributed by atoms with Crippen LogP contribution in [0.1, 0.15) is 17.3 Å². The maximum absolute atomic E-state index is 13.9. The molecular weight excluding hydrogens is 456 g/mol. The molecule has 178 valence electrons. The van der Waals surface area contributed by atoms with Crippen LogP contribution in [0, 0.1) is 11.6 Å². The Hall–Kier alpha value is -4.53. The van der Waals surface area contributed by atoms with Crippen molar-refractivity contribution in [2.45, 2.75) is 13.0 Å². The van der Waals surface area contributed by atoms with Gasteiger partial charge in [0.05, 0.1) is 12.8 Å². The zero-order chi connectivity index (χ0) is 24.9. The number of hydrogen-bond acceptors (Lipinski definition) is 5. The van der Waals surface area contributed by atoms with Crippen molar-refractivity contribution in [1.29, 1.82) is 0 Å². The largest absolute Gasteiger partial charge is 0.497 e. The summed E-state index contributed by atoms with van der Waals surface area (Å²) in [6, 6.07) is 19.3. The molecule has 1 N–H and O–H groups in total. The molecule has 0 radical (unpaired) electrons. The van der Waals surface area contributed by atoms with Crippen LogP contribution in [0.3, 0.4) is 0 Å². The molecule has 0 aliphatic carbocycles. The molecule has 1 heterocycles. The van der Waals surface area contributed by atoms with E-state index in [1.54, 1.807) is 24.3 Å². The van der Waals surface area contributed by atoms with Crippen LogP contribution in [0.5, 0.6) is 5.75 Å². The number of nitrogens with zero attached hydrogens (tertiary/aromatic N) is 2. The summed E-state index contributed by atoms with van der Waals surface area (Å²) >= 11 is 0. The Morgan fingerprint density at radius 1 is 0.971 bits per heavy atom. The van der Waals surface area contributed by atoms with Gasteiger partial charge in [-0.2, -0.15) is 5.10 Å². The molecule has 0 aliphatic rings. The van der Waals surface area contributed by atoms with Crippen LogP contribution in [-0.4, -0.2) is 34.9 Å². The van der Waals surface area contributed by atoms with Gasteiger partial charge in [-0.05, 0) is 43.3 Å². The number of esters is 1. The molecule has 7 nitrogen and oxygen atoms in total. The lowest BCUT2D eigenvalue weighted by molar-refractivity contribution is -0.123. The lowest BCUT2D eigenvalue weighted by atomic mass is 10.1. The van der Waals surface area contributed by atoms with Gasteiger partial charge in [0.25, 0.3) is 5.91 Å². The summed E-state index contributed by atoms with van der Waals surface area (Å²) in [5.74, 6) is -3.04. The number of carbonyl (C=O) groups excluding carboxylic acids is 2. The van der Waals surface area contributed by atoms with E-state index in [0.717, 1.165) is 12.1 Å². The summed E-state index contributed by atoms with van der Waals surface area (Å²) in [5.41, 5.74) is 1.09. The summed E-state index contributed by atoms with van der Waals surface area (Å²) in [7, 11) is 1.52. The van der Waals surface area contributed by atoms with Crippen molar-refractivity contribution < 1.29 is 27.8 Å². The van der Waals surface area contributed by atoms with E-state index in [0.29, 0.717) is 22.7 Å².